The number of anilines is 1. The lowest BCUT2D eigenvalue weighted by Gasteiger charge is -1.98. The van der Waals surface area contributed by atoms with Crippen LogP contribution in [-0.2, 0) is 0 Å². The van der Waals surface area contributed by atoms with E-state index in [1.54, 1.807) is 11.6 Å². The SMILES string of the molecule is O=C(O)Nc1ncsc1-c1ccc(Cl)s1. The van der Waals surface area contributed by atoms with Gasteiger partial charge in [0.1, 0.15) is 0 Å². The molecule has 0 saturated carbocycles. The summed E-state index contributed by atoms with van der Waals surface area (Å²) in [7, 11) is 0. The molecular weight excluding hydrogens is 256 g/mol. The Bertz CT molecular complexity index is 494. The van der Waals surface area contributed by atoms with Gasteiger partial charge in [-0.2, -0.15) is 0 Å². The second-order valence-electron chi connectivity index (χ2n) is 2.56. The molecule has 15 heavy (non-hydrogen) atoms. The molecule has 0 fully saturated rings. The highest BCUT2D eigenvalue weighted by Gasteiger charge is 2.12. The van der Waals surface area contributed by atoms with Gasteiger partial charge in [0, 0.05) is 4.88 Å². The van der Waals surface area contributed by atoms with Crippen LogP contribution in [0.25, 0.3) is 9.75 Å². The lowest BCUT2D eigenvalue weighted by atomic mass is 10.4. The van der Waals surface area contributed by atoms with Crippen molar-refractivity contribution in [2.75, 3.05) is 5.32 Å². The van der Waals surface area contributed by atoms with Crippen LogP contribution in [0.2, 0.25) is 4.34 Å². The third-order valence-electron chi connectivity index (χ3n) is 1.59. The van der Waals surface area contributed by atoms with Crippen molar-refractivity contribution >= 4 is 46.2 Å². The van der Waals surface area contributed by atoms with Crippen LogP contribution in [-0.4, -0.2) is 16.2 Å². The predicted octanol–water partition coefficient (Wildman–Crippen LogP) is 3.61. The first-order valence-electron chi connectivity index (χ1n) is 3.86. The fourth-order valence-electron chi connectivity index (χ4n) is 1.05. The number of carbonyl (C=O) groups is 1. The Labute approximate surface area is 98.2 Å². The minimum atomic E-state index is -1.12. The fraction of sp³-hybridized carbons (Fsp3) is 0. The topological polar surface area (TPSA) is 62.2 Å². The standard InChI is InChI=1S/C8H5ClN2O2S2/c9-5-2-1-4(15-5)6-7(10-3-14-6)11-8(12)13/h1-3,11H,(H,12,13). The molecule has 0 spiro atoms. The third kappa shape index (κ3) is 2.28. The van der Waals surface area contributed by atoms with Gasteiger partial charge >= 0.3 is 6.09 Å². The molecule has 4 nitrogen and oxygen atoms in total. The lowest BCUT2D eigenvalue weighted by molar-refractivity contribution is 0.209. The van der Waals surface area contributed by atoms with Gasteiger partial charge in [0.05, 0.1) is 14.7 Å². The molecule has 0 atom stereocenters. The Morgan fingerprint density at radius 2 is 2.33 bits per heavy atom. The Morgan fingerprint density at radius 1 is 1.53 bits per heavy atom. The Balaban J connectivity index is 2.36. The molecule has 0 radical (unpaired) electrons. The van der Waals surface area contributed by atoms with E-state index in [4.69, 9.17) is 16.7 Å². The molecule has 0 saturated heterocycles. The van der Waals surface area contributed by atoms with E-state index in [1.807, 2.05) is 6.07 Å². The van der Waals surface area contributed by atoms with Crippen LogP contribution in [0.1, 0.15) is 0 Å². The summed E-state index contributed by atoms with van der Waals surface area (Å²) in [6.45, 7) is 0. The number of hydrogen-bond donors (Lipinski definition) is 2. The van der Waals surface area contributed by atoms with Crippen LogP contribution < -0.4 is 5.32 Å². The molecule has 2 heterocycles. The lowest BCUT2D eigenvalue weighted by Crippen LogP contribution is -2.07. The average molecular weight is 261 g/mol. The molecule has 2 rings (SSSR count). The molecule has 0 aliphatic rings. The summed E-state index contributed by atoms with van der Waals surface area (Å²) >= 11 is 8.56. The van der Waals surface area contributed by atoms with Crippen LogP contribution in [0.5, 0.6) is 0 Å². The van der Waals surface area contributed by atoms with Crippen molar-refractivity contribution in [2.45, 2.75) is 0 Å². The summed E-state index contributed by atoms with van der Waals surface area (Å²) in [5.74, 6) is 0.353. The molecular formula is C8H5ClN2O2S2. The number of amides is 1. The molecule has 78 valence electrons. The maximum atomic E-state index is 10.5. The fourth-order valence-corrected chi connectivity index (χ4v) is 2.96. The molecule has 2 aromatic rings. The maximum absolute atomic E-state index is 10.5. The molecule has 0 bridgehead atoms. The normalized spacial score (nSPS) is 10.2. The van der Waals surface area contributed by atoms with Gasteiger partial charge in [-0.05, 0) is 12.1 Å². The van der Waals surface area contributed by atoms with Crippen LogP contribution in [0.15, 0.2) is 17.6 Å². The monoisotopic (exact) mass is 260 g/mol. The number of aromatic nitrogens is 1. The van der Waals surface area contributed by atoms with E-state index in [0.29, 0.717) is 10.2 Å². The second-order valence-corrected chi connectivity index (χ2v) is 5.13. The molecule has 0 aliphatic carbocycles. The van der Waals surface area contributed by atoms with E-state index in [1.165, 1.54) is 22.7 Å². The molecule has 7 heteroatoms. The highest BCUT2D eigenvalue weighted by molar-refractivity contribution is 7.23. The summed E-state index contributed by atoms with van der Waals surface area (Å²) in [5.41, 5.74) is 1.59. The molecule has 0 aromatic carbocycles. The Morgan fingerprint density at radius 3 is 2.93 bits per heavy atom. The molecule has 0 aliphatic heterocycles. The number of thiophene rings is 1. The molecule has 0 unspecified atom stereocenters. The predicted molar refractivity (Wildman–Crippen MR) is 62.1 cm³/mol. The van der Waals surface area contributed by atoms with Crippen LogP contribution in [0, 0.1) is 0 Å². The Kier molecular flexibility index (Phi) is 2.90. The van der Waals surface area contributed by atoms with Crippen LogP contribution in [0.4, 0.5) is 10.6 Å². The van der Waals surface area contributed by atoms with Crippen molar-refractivity contribution in [1.29, 1.82) is 0 Å². The summed E-state index contributed by atoms with van der Waals surface area (Å²) in [4.78, 5) is 16.1. The number of halogens is 1. The number of nitrogens with zero attached hydrogens (tertiary/aromatic N) is 1. The summed E-state index contributed by atoms with van der Waals surface area (Å²) in [5, 5.41) is 10.8. The van der Waals surface area contributed by atoms with Crippen molar-refractivity contribution in [1.82, 2.24) is 4.98 Å². The van der Waals surface area contributed by atoms with Gasteiger partial charge < -0.3 is 5.11 Å². The van der Waals surface area contributed by atoms with Gasteiger partial charge in [-0.25, -0.2) is 9.78 Å². The van der Waals surface area contributed by atoms with Crippen molar-refractivity contribution in [2.24, 2.45) is 0 Å². The number of rotatable bonds is 2. The van der Waals surface area contributed by atoms with E-state index in [2.05, 4.69) is 10.3 Å². The van der Waals surface area contributed by atoms with Crippen LogP contribution >= 0.6 is 34.3 Å². The summed E-state index contributed by atoms with van der Waals surface area (Å²) in [6.07, 6.45) is -1.12. The quantitative estimate of drug-likeness (QED) is 0.867. The number of hydrogen-bond acceptors (Lipinski definition) is 4. The first kappa shape index (κ1) is 10.4. The van der Waals surface area contributed by atoms with Crippen LogP contribution in [0.3, 0.4) is 0 Å². The Hall–Kier alpha value is -1.11. The highest BCUT2D eigenvalue weighted by atomic mass is 35.5. The minimum absolute atomic E-state index is 0.353. The zero-order valence-corrected chi connectivity index (χ0v) is 9.62. The van der Waals surface area contributed by atoms with Crippen molar-refractivity contribution < 1.29 is 9.90 Å². The highest BCUT2D eigenvalue weighted by Crippen LogP contribution is 2.37. The van der Waals surface area contributed by atoms with Gasteiger partial charge in [-0.3, -0.25) is 5.32 Å². The van der Waals surface area contributed by atoms with Gasteiger partial charge in [0.25, 0.3) is 0 Å². The van der Waals surface area contributed by atoms with Crippen molar-refractivity contribution in [3.63, 3.8) is 0 Å². The van der Waals surface area contributed by atoms with Gasteiger partial charge in [-0.15, -0.1) is 22.7 Å². The van der Waals surface area contributed by atoms with E-state index in [0.717, 1.165) is 9.75 Å². The van der Waals surface area contributed by atoms with Crippen molar-refractivity contribution in [3.8, 4) is 9.75 Å². The van der Waals surface area contributed by atoms with Gasteiger partial charge in [0.2, 0.25) is 0 Å². The van der Waals surface area contributed by atoms with Gasteiger partial charge in [0.15, 0.2) is 5.82 Å². The number of nitrogens with one attached hydrogen (secondary N) is 1. The van der Waals surface area contributed by atoms with E-state index in [9.17, 15) is 4.79 Å². The van der Waals surface area contributed by atoms with E-state index >= 15 is 0 Å². The molecule has 1 amide bonds. The molecule has 2 aromatic heterocycles. The van der Waals surface area contributed by atoms with E-state index < -0.39 is 6.09 Å². The zero-order chi connectivity index (χ0) is 10.8. The number of carboxylic acid groups (broad SMARTS) is 1. The number of thiazole rings is 1. The molecule has 2 N–H and O–H groups in total. The second kappa shape index (κ2) is 4.18. The maximum Gasteiger partial charge on any atom is 0.410 e. The first-order valence-corrected chi connectivity index (χ1v) is 5.93. The largest absolute Gasteiger partial charge is 0.465 e. The minimum Gasteiger partial charge on any atom is -0.465 e. The smallest absolute Gasteiger partial charge is 0.410 e. The van der Waals surface area contributed by atoms with Gasteiger partial charge in [-0.1, -0.05) is 11.6 Å². The first-order chi connectivity index (χ1) is 7.16. The van der Waals surface area contributed by atoms with Crippen molar-refractivity contribution in [3.05, 3.63) is 22.0 Å². The summed E-state index contributed by atoms with van der Waals surface area (Å²) in [6, 6.07) is 3.61. The summed E-state index contributed by atoms with van der Waals surface area (Å²) < 4.78 is 0.666. The zero-order valence-electron chi connectivity index (χ0n) is 7.23. The average Bonchev–Trinajstić information content (AvgIpc) is 2.72. The third-order valence-corrected chi connectivity index (χ3v) is 3.83. The van der Waals surface area contributed by atoms with E-state index in [-0.39, 0.29) is 0 Å².